The predicted octanol–water partition coefficient (Wildman–Crippen LogP) is 3.48. The Labute approximate surface area is 157 Å². The quantitative estimate of drug-likeness (QED) is 0.717. The molecule has 0 aliphatic carbocycles. The molecule has 2 aromatic rings. The van der Waals surface area contributed by atoms with Gasteiger partial charge in [-0.15, -0.1) is 0 Å². The van der Waals surface area contributed by atoms with Crippen LogP contribution in [-0.2, 0) is 22.4 Å². The average Bonchev–Trinajstić information content (AvgIpc) is 2.72. The number of methoxy groups -OCH3 is 1. The van der Waals surface area contributed by atoms with E-state index in [0.717, 1.165) is 31.4 Å². The van der Waals surface area contributed by atoms with Crippen molar-refractivity contribution < 1.29 is 17.5 Å². The van der Waals surface area contributed by atoms with Crippen molar-refractivity contribution in [2.45, 2.75) is 37.8 Å². The predicted molar refractivity (Wildman–Crippen MR) is 108 cm³/mol. The molecule has 5 heteroatoms. The maximum absolute atomic E-state index is 11.3. The lowest BCUT2D eigenvalue weighted by Gasteiger charge is -2.25. The molecule has 0 amide bonds. The van der Waals surface area contributed by atoms with Gasteiger partial charge in [-0.3, -0.25) is 0 Å². The van der Waals surface area contributed by atoms with Crippen LogP contribution in [0.2, 0.25) is 0 Å². The Balaban J connectivity index is 0.000000264. The van der Waals surface area contributed by atoms with Crippen LogP contribution >= 0.6 is 0 Å². The summed E-state index contributed by atoms with van der Waals surface area (Å²) >= 11 is 0. The van der Waals surface area contributed by atoms with Crippen LogP contribution in [0.3, 0.4) is 0 Å². The first-order valence-electron chi connectivity index (χ1n) is 9.09. The summed E-state index contributed by atoms with van der Waals surface area (Å²) < 4.78 is 4.70. The number of anilines is 2. The third-order valence-electron chi connectivity index (χ3n) is 4.89. The summed E-state index contributed by atoms with van der Waals surface area (Å²) in [7, 11) is 1.42. The fraction of sp³-hybridized carbons (Fsp3) is 0.381. The van der Waals surface area contributed by atoms with Crippen LogP contribution in [0.25, 0.3) is 0 Å². The molecule has 2 aromatic carbocycles. The Hall–Kier alpha value is -2.53. The average molecular weight is 358 g/mol. The minimum absolute atomic E-state index is 0. The van der Waals surface area contributed by atoms with Crippen molar-refractivity contribution in [1.82, 2.24) is 0 Å². The van der Waals surface area contributed by atoms with Crippen molar-refractivity contribution in [2.75, 3.05) is 24.4 Å². The van der Waals surface area contributed by atoms with E-state index in [1.54, 1.807) is 0 Å². The molecule has 2 heterocycles. The fourth-order valence-corrected chi connectivity index (χ4v) is 3.40. The molecular formula is C21H30N2O3. The molecule has 5 nitrogen and oxygen atoms in total. The van der Waals surface area contributed by atoms with Crippen LogP contribution in [0, 0.1) is 0 Å². The molecule has 2 aliphatic rings. The van der Waals surface area contributed by atoms with Gasteiger partial charge in [-0.1, -0.05) is 36.4 Å². The molecule has 0 aromatic heterocycles. The Morgan fingerprint density at radius 1 is 1.04 bits per heavy atom. The highest BCUT2D eigenvalue weighted by Crippen LogP contribution is 2.25. The van der Waals surface area contributed by atoms with E-state index in [1.165, 1.54) is 23.9 Å². The maximum Gasteiger partial charge on any atom is 0.328 e. The molecule has 26 heavy (non-hydrogen) atoms. The van der Waals surface area contributed by atoms with Gasteiger partial charge in [-0.25, -0.2) is 4.79 Å². The van der Waals surface area contributed by atoms with Gasteiger partial charge in [0.05, 0.1) is 13.7 Å². The summed E-state index contributed by atoms with van der Waals surface area (Å²) in [6, 6.07) is 16.4. The fourth-order valence-electron chi connectivity index (χ4n) is 3.40. The Bertz CT molecular complexity index is 758. The Morgan fingerprint density at radius 2 is 1.62 bits per heavy atom. The zero-order valence-electron chi connectivity index (χ0n) is 15.1. The van der Waals surface area contributed by atoms with E-state index >= 15 is 0 Å². The summed E-state index contributed by atoms with van der Waals surface area (Å²) in [4.78, 5) is 11.3. The third-order valence-corrected chi connectivity index (χ3v) is 4.89. The minimum Gasteiger partial charge on any atom is -0.467 e. The van der Waals surface area contributed by atoms with Crippen LogP contribution in [0.4, 0.5) is 11.4 Å². The zero-order valence-corrected chi connectivity index (χ0v) is 15.1. The normalized spacial score (nSPS) is 20.2. The highest BCUT2D eigenvalue weighted by molar-refractivity contribution is 5.80. The molecule has 0 spiro atoms. The standard InChI is InChI=1S/C11H13NO2.C10H13NO.2H2/c1-14-11(13)10-7-6-8-4-2-3-5-9(8)12-10;12-7-9-6-5-8-3-1-2-4-10(8)11-9;;/h2-5,10,12H,6-7H2,1H3;1-4,9,11-12H,5-7H2;2*1H. The monoisotopic (exact) mass is 358 g/mol. The summed E-state index contributed by atoms with van der Waals surface area (Å²) in [6.07, 6.45) is 3.86. The van der Waals surface area contributed by atoms with Gasteiger partial charge in [0, 0.05) is 20.3 Å². The first kappa shape index (κ1) is 18.3. The summed E-state index contributed by atoms with van der Waals surface area (Å²) in [5.41, 5.74) is 4.87. The number of fused-ring (bicyclic) bond motifs is 2. The second-order valence-electron chi connectivity index (χ2n) is 6.64. The lowest BCUT2D eigenvalue weighted by molar-refractivity contribution is -0.141. The van der Waals surface area contributed by atoms with Crippen molar-refractivity contribution in [1.29, 1.82) is 0 Å². The van der Waals surface area contributed by atoms with Crippen molar-refractivity contribution >= 4 is 17.3 Å². The largest absolute Gasteiger partial charge is 0.467 e. The van der Waals surface area contributed by atoms with Crippen molar-refractivity contribution in [3.05, 3.63) is 59.7 Å². The topological polar surface area (TPSA) is 70.6 Å². The summed E-state index contributed by atoms with van der Waals surface area (Å²) in [6.45, 7) is 0.230. The number of hydrogen-bond acceptors (Lipinski definition) is 5. The number of rotatable bonds is 2. The number of carbonyl (C=O) groups excluding carboxylic acids is 1. The number of esters is 1. The minimum atomic E-state index is -0.185. The van der Waals surface area contributed by atoms with Crippen LogP contribution in [-0.4, -0.2) is 36.9 Å². The van der Waals surface area contributed by atoms with Gasteiger partial charge in [-0.2, -0.15) is 0 Å². The zero-order chi connectivity index (χ0) is 18.4. The summed E-state index contributed by atoms with van der Waals surface area (Å²) in [5, 5.41) is 15.4. The number of aliphatic hydroxyl groups is 1. The van der Waals surface area contributed by atoms with Gasteiger partial charge in [0.25, 0.3) is 0 Å². The van der Waals surface area contributed by atoms with Gasteiger partial charge < -0.3 is 20.5 Å². The van der Waals surface area contributed by atoms with Crippen molar-refractivity contribution in [2.24, 2.45) is 0 Å². The number of para-hydroxylation sites is 2. The molecule has 142 valence electrons. The number of ether oxygens (including phenoxy) is 1. The lowest BCUT2D eigenvalue weighted by atomic mass is 9.98. The first-order chi connectivity index (χ1) is 12.7. The molecule has 2 aliphatic heterocycles. The highest BCUT2D eigenvalue weighted by atomic mass is 16.5. The van der Waals surface area contributed by atoms with Gasteiger partial charge >= 0.3 is 5.97 Å². The van der Waals surface area contributed by atoms with Crippen molar-refractivity contribution in [3.8, 4) is 0 Å². The van der Waals surface area contributed by atoms with E-state index in [0.29, 0.717) is 0 Å². The van der Waals surface area contributed by atoms with E-state index < -0.39 is 0 Å². The molecule has 4 rings (SSSR count). The number of benzene rings is 2. The van der Waals surface area contributed by atoms with Crippen LogP contribution in [0.5, 0.6) is 0 Å². The molecule has 2 unspecified atom stereocenters. The van der Waals surface area contributed by atoms with Gasteiger partial charge in [-0.05, 0) is 48.9 Å². The van der Waals surface area contributed by atoms with Crippen LogP contribution in [0.1, 0.15) is 26.8 Å². The number of carbonyl (C=O) groups is 1. The molecule has 3 N–H and O–H groups in total. The molecule has 0 radical (unpaired) electrons. The number of aliphatic hydroxyl groups excluding tert-OH is 1. The molecule has 2 atom stereocenters. The Morgan fingerprint density at radius 3 is 2.23 bits per heavy atom. The second kappa shape index (κ2) is 8.72. The number of hydrogen-bond donors (Lipinski definition) is 3. The third kappa shape index (κ3) is 4.35. The molecule has 0 saturated carbocycles. The molecule has 0 saturated heterocycles. The molecule has 0 fully saturated rings. The maximum atomic E-state index is 11.3. The van der Waals surface area contributed by atoms with E-state index in [-0.39, 0.29) is 27.5 Å². The summed E-state index contributed by atoms with van der Waals surface area (Å²) in [5.74, 6) is -0.181. The van der Waals surface area contributed by atoms with E-state index in [1.807, 2.05) is 24.3 Å². The molecule has 0 bridgehead atoms. The van der Waals surface area contributed by atoms with E-state index in [4.69, 9.17) is 9.84 Å². The Kier molecular flexibility index (Phi) is 6.12. The van der Waals surface area contributed by atoms with E-state index in [9.17, 15) is 4.79 Å². The SMILES string of the molecule is COC(=O)C1CCc2ccccc2N1.OCC1CCc2ccccc2N1.[HH].[HH]. The second-order valence-corrected chi connectivity index (χ2v) is 6.64. The highest BCUT2D eigenvalue weighted by Gasteiger charge is 2.23. The smallest absolute Gasteiger partial charge is 0.328 e. The van der Waals surface area contributed by atoms with Gasteiger partial charge in [0.2, 0.25) is 0 Å². The number of nitrogens with one attached hydrogen (secondary N) is 2. The van der Waals surface area contributed by atoms with Crippen LogP contribution < -0.4 is 10.6 Å². The van der Waals surface area contributed by atoms with Crippen molar-refractivity contribution in [3.63, 3.8) is 0 Å². The number of aryl methyl sites for hydroxylation is 2. The van der Waals surface area contributed by atoms with Gasteiger partial charge in [0.15, 0.2) is 0 Å². The van der Waals surface area contributed by atoms with Gasteiger partial charge in [0.1, 0.15) is 6.04 Å². The van der Waals surface area contributed by atoms with Crippen LogP contribution in [0.15, 0.2) is 48.5 Å². The van der Waals surface area contributed by atoms with E-state index in [2.05, 4.69) is 34.9 Å². The lowest BCUT2D eigenvalue weighted by Crippen LogP contribution is -2.34. The first-order valence-corrected chi connectivity index (χ1v) is 9.09. The molecular weight excluding hydrogens is 328 g/mol.